The lowest BCUT2D eigenvalue weighted by Crippen LogP contribution is -2.49. The molecule has 0 unspecified atom stereocenters. The topological polar surface area (TPSA) is 74.7 Å². The van der Waals surface area contributed by atoms with E-state index in [0.717, 1.165) is 10.8 Å². The minimum atomic E-state index is -1.46. The minimum absolute atomic E-state index is 0.0598. The molecule has 1 aliphatic heterocycles. The van der Waals surface area contributed by atoms with Gasteiger partial charge in [0.1, 0.15) is 27.8 Å². The number of Topliss-reactive ketones (excluding diaryl/α,β-unsaturated/α-hetero) is 2. The zero-order chi connectivity index (χ0) is 21.2. The molecule has 30 heavy (non-hydrogen) atoms. The van der Waals surface area contributed by atoms with Crippen molar-refractivity contribution in [2.75, 3.05) is 14.2 Å². The maximum absolute atomic E-state index is 13.9. The van der Waals surface area contributed by atoms with Crippen molar-refractivity contribution in [2.24, 2.45) is 5.92 Å². The first-order valence-electron chi connectivity index (χ1n) is 9.53. The van der Waals surface area contributed by atoms with E-state index in [0.29, 0.717) is 22.8 Å². The predicted molar refractivity (Wildman–Crippen MR) is 111 cm³/mol. The Labute approximate surface area is 177 Å². The average molecular weight is 424 g/mol. The van der Waals surface area contributed by atoms with Gasteiger partial charge < -0.3 is 14.2 Å². The van der Waals surface area contributed by atoms with E-state index in [1.165, 1.54) is 14.2 Å². The number of pyridine rings is 1. The number of fused-ring (bicyclic) bond motifs is 5. The molecule has 6 nitrogen and oxygen atoms in total. The van der Waals surface area contributed by atoms with Gasteiger partial charge in [-0.05, 0) is 5.39 Å². The number of nitrogens with zero attached hydrogens (tertiary/aromatic N) is 1. The van der Waals surface area contributed by atoms with Gasteiger partial charge in [-0.15, -0.1) is 0 Å². The Bertz CT molecular complexity index is 1250. The van der Waals surface area contributed by atoms with E-state index >= 15 is 0 Å². The quantitative estimate of drug-likeness (QED) is 0.599. The number of aromatic nitrogens is 1. The number of rotatable bonds is 2. The van der Waals surface area contributed by atoms with Crippen LogP contribution in [0.5, 0.6) is 17.2 Å². The maximum Gasteiger partial charge on any atom is 0.220 e. The SMILES string of the molecule is COc1cc(OC)c2c(c1Cl)O[C@]1(C2=O)c2ncc3ccccc3c2C(=O)C[C@H]1C. The lowest BCUT2D eigenvalue weighted by atomic mass is 9.71. The van der Waals surface area contributed by atoms with Gasteiger partial charge in [-0.25, -0.2) is 0 Å². The Morgan fingerprint density at radius 2 is 1.87 bits per heavy atom. The number of methoxy groups -OCH3 is 2. The Hall–Kier alpha value is -3.12. The maximum atomic E-state index is 13.9. The second-order valence-corrected chi connectivity index (χ2v) is 7.94. The van der Waals surface area contributed by atoms with E-state index in [2.05, 4.69) is 4.98 Å². The van der Waals surface area contributed by atoms with Gasteiger partial charge in [-0.2, -0.15) is 0 Å². The van der Waals surface area contributed by atoms with Gasteiger partial charge in [0.25, 0.3) is 0 Å². The summed E-state index contributed by atoms with van der Waals surface area (Å²) in [5.74, 6) is 0.0130. The Kier molecular flexibility index (Phi) is 4.05. The molecule has 7 heteroatoms. The van der Waals surface area contributed by atoms with E-state index in [4.69, 9.17) is 25.8 Å². The molecular formula is C23H18ClNO5. The molecule has 2 heterocycles. The summed E-state index contributed by atoms with van der Waals surface area (Å²) < 4.78 is 17.1. The molecule has 2 aliphatic rings. The molecule has 5 rings (SSSR count). The molecule has 1 spiro atoms. The van der Waals surface area contributed by atoms with Crippen LogP contribution in [0.25, 0.3) is 10.8 Å². The van der Waals surface area contributed by atoms with Crippen LogP contribution in [-0.4, -0.2) is 30.8 Å². The molecule has 0 N–H and O–H groups in total. The highest BCUT2D eigenvalue weighted by molar-refractivity contribution is 6.35. The number of benzene rings is 2. The van der Waals surface area contributed by atoms with Crippen LogP contribution < -0.4 is 14.2 Å². The van der Waals surface area contributed by atoms with Crippen LogP contribution in [0.4, 0.5) is 0 Å². The number of halogens is 1. The van der Waals surface area contributed by atoms with Crippen LogP contribution in [0.3, 0.4) is 0 Å². The highest BCUT2D eigenvalue weighted by Gasteiger charge is 2.60. The number of hydrogen-bond acceptors (Lipinski definition) is 6. The van der Waals surface area contributed by atoms with Crippen molar-refractivity contribution >= 4 is 33.9 Å². The number of carbonyl (C=O) groups excluding carboxylic acids is 2. The summed E-state index contributed by atoms with van der Waals surface area (Å²) in [6.07, 6.45) is 1.82. The molecule has 0 radical (unpaired) electrons. The standard InChI is InChI=1S/C23H18ClNO5/c1-11-8-14(26)17-13-7-5-4-6-12(13)10-25-21(17)23(11)22(27)18-15(28-2)9-16(29-3)19(24)20(18)30-23/h4-7,9-11H,8H2,1-3H3/t11-,23+/m1/s1. The molecule has 1 aromatic heterocycles. The Morgan fingerprint density at radius 3 is 2.60 bits per heavy atom. The largest absolute Gasteiger partial charge is 0.496 e. The molecule has 0 bridgehead atoms. The Morgan fingerprint density at radius 1 is 1.13 bits per heavy atom. The summed E-state index contributed by atoms with van der Waals surface area (Å²) in [5.41, 5.74) is -0.470. The minimum Gasteiger partial charge on any atom is -0.496 e. The van der Waals surface area contributed by atoms with Crippen LogP contribution in [-0.2, 0) is 5.60 Å². The second kappa shape index (κ2) is 6.44. The van der Waals surface area contributed by atoms with E-state index in [-0.39, 0.29) is 34.3 Å². The summed E-state index contributed by atoms with van der Waals surface area (Å²) in [7, 11) is 2.94. The predicted octanol–water partition coefficient (Wildman–Crippen LogP) is 4.60. The van der Waals surface area contributed by atoms with Crippen molar-refractivity contribution in [3.63, 3.8) is 0 Å². The molecule has 0 fully saturated rings. The number of ether oxygens (including phenoxy) is 3. The third-order valence-electron chi connectivity index (χ3n) is 6.03. The monoisotopic (exact) mass is 423 g/mol. The molecule has 3 aromatic rings. The normalized spacial score (nSPS) is 22.1. The second-order valence-electron chi connectivity index (χ2n) is 7.56. The smallest absolute Gasteiger partial charge is 0.220 e. The van der Waals surface area contributed by atoms with Gasteiger partial charge in [-0.1, -0.05) is 42.8 Å². The molecule has 1 aliphatic carbocycles. The summed E-state index contributed by atoms with van der Waals surface area (Å²) in [4.78, 5) is 31.5. The fraction of sp³-hybridized carbons (Fsp3) is 0.261. The van der Waals surface area contributed by atoms with Gasteiger partial charge >= 0.3 is 0 Å². The fourth-order valence-electron chi connectivity index (χ4n) is 4.57. The van der Waals surface area contributed by atoms with Gasteiger partial charge in [0.2, 0.25) is 11.4 Å². The molecule has 2 aromatic carbocycles. The van der Waals surface area contributed by atoms with Crippen LogP contribution in [0.2, 0.25) is 5.02 Å². The van der Waals surface area contributed by atoms with Crippen molar-refractivity contribution in [3.8, 4) is 17.2 Å². The van der Waals surface area contributed by atoms with Crippen molar-refractivity contribution in [1.29, 1.82) is 0 Å². The average Bonchev–Trinajstić information content (AvgIpc) is 3.07. The van der Waals surface area contributed by atoms with Crippen LogP contribution in [0, 0.1) is 5.92 Å². The van der Waals surface area contributed by atoms with E-state index in [1.807, 2.05) is 31.2 Å². The van der Waals surface area contributed by atoms with Gasteiger partial charge in [0, 0.05) is 30.0 Å². The first-order chi connectivity index (χ1) is 14.4. The lowest BCUT2D eigenvalue weighted by Gasteiger charge is -2.37. The fourth-order valence-corrected chi connectivity index (χ4v) is 4.83. The van der Waals surface area contributed by atoms with Gasteiger partial charge in [0.15, 0.2) is 11.5 Å². The molecule has 2 atom stereocenters. The molecule has 0 amide bonds. The molecule has 0 saturated heterocycles. The third-order valence-corrected chi connectivity index (χ3v) is 6.39. The zero-order valence-electron chi connectivity index (χ0n) is 16.6. The van der Waals surface area contributed by atoms with Crippen molar-refractivity contribution in [1.82, 2.24) is 4.98 Å². The zero-order valence-corrected chi connectivity index (χ0v) is 17.4. The van der Waals surface area contributed by atoms with Crippen LogP contribution in [0.1, 0.15) is 39.8 Å². The molecule has 0 saturated carbocycles. The first kappa shape index (κ1) is 18.9. The number of carbonyl (C=O) groups is 2. The summed E-state index contributed by atoms with van der Waals surface area (Å²) >= 11 is 6.50. The van der Waals surface area contributed by atoms with E-state index < -0.39 is 11.5 Å². The van der Waals surface area contributed by atoms with Crippen molar-refractivity contribution in [2.45, 2.75) is 18.9 Å². The van der Waals surface area contributed by atoms with E-state index in [1.54, 1.807) is 12.3 Å². The van der Waals surface area contributed by atoms with Crippen molar-refractivity contribution < 1.29 is 23.8 Å². The van der Waals surface area contributed by atoms with E-state index in [9.17, 15) is 9.59 Å². The van der Waals surface area contributed by atoms with Crippen molar-refractivity contribution in [3.05, 3.63) is 58.4 Å². The lowest BCUT2D eigenvalue weighted by molar-refractivity contribution is 0.0195. The van der Waals surface area contributed by atoms with Crippen LogP contribution in [0.15, 0.2) is 36.5 Å². The summed E-state index contributed by atoms with van der Waals surface area (Å²) in [6.45, 7) is 1.82. The highest BCUT2D eigenvalue weighted by atomic mass is 35.5. The molecular weight excluding hydrogens is 406 g/mol. The third kappa shape index (κ3) is 2.22. The van der Waals surface area contributed by atoms with Gasteiger partial charge in [-0.3, -0.25) is 14.6 Å². The van der Waals surface area contributed by atoms with Gasteiger partial charge in [0.05, 0.1) is 19.8 Å². The molecule has 152 valence electrons. The summed E-state index contributed by atoms with van der Waals surface area (Å²) in [5, 5.41) is 1.77. The summed E-state index contributed by atoms with van der Waals surface area (Å²) in [6, 6.07) is 9.05. The highest BCUT2D eigenvalue weighted by Crippen LogP contribution is 2.56. The van der Waals surface area contributed by atoms with Crippen LogP contribution >= 0.6 is 11.6 Å². The first-order valence-corrected chi connectivity index (χ1v) is 9.91. The Balaban J connectivity index is 1.83. The number of hydrogen-bond donors (Lipinski definition) is 0. The number of ketones is 2.